The van der Waals surface area contributed by atoms with Gasteiger partial charge in [0.1, 0.15) is 0 Å². The number of rotatable bonds is 5. The molecular formula is C15H22N2. The van der Waals surface area contributed by atoms with Crippen molar-refractivity contribution in [3.63, 3.8) is 0 Å². The van der Waals surface area contributed by atoms with E-state index in [1.807, 2.05) is 0 Å². The van der Waals surface area contributed by atoms with E-state index in [9.17, 15) is 0 Å². The topological polar surface area (TPSA) is 27.0 Å². The van der Waals surface area contributed by atoms with Crippen molar-refractivity contribution in [2.24, 2.45) is 11.8 Å². The lowest BCUT2D eigenvalue weighted by Gasteiger charge is -2.22. The van der Waals surface area contributed by atoms with E-state index in [0.717, 1.165) is 13.1 Å². The highest BCUT2D eigenvalue weighted by Crippen LogP contribution is 2.14. The van der Waals surface area contributed by atoms with E-state index in [1.165, 1.54) is 11.1 Å². The second-order valence-electron chi connectivity index (χ2n) is 5.10. The molecule has 0 saturated carbocycles. The van der Waals surface area contributed by atoms with Crippen LogP contribution in [-0.2, 0) is 6.54 Å². The molecule has 2 nitrogen and oxygen atoms in total. The Bertz CT molecular complexity index is 390. The summed E-state index contributed by atoms with van der Waals surface area (Å²) in [5, 5.41) is 9.09. The summed E-state index contributed by atoms with van der Waals surface area (Å²) in [6, 6.07) is 10.8. The van der Waals surface area contributed by atoms with Crippen molar-refractivity contribution in [1.82, 2.24) is 4.90 Å². The third kappa shape index (κ3) is 4.20. The molecule has 0 saturated heterocycles. The van der Waals surface area contributed by atoms with E-state index in [1.54, 1.807) is 0 Å². The number of benzene rings is 1. The molecular weight excluding hydrogens is 208 g/mol. The Hall–Kier alpha value is -1.33. The Balaban J connectivity index is 2.59. The third-order valence-electron chi connectivity index (χ3n) is 3.18. The van der Waals surface area contributed by atoms with Crippen molar-refractivity contribution in [2.45, 2.75) is 27.3 Å². The third-order valence-corrected chi connectivity index (χ3v) is 3.18. The van der Waals surface area contributed by atoms with Gasteiger partial charge in [-0.2, -0.15) is 5.26 Å². The van der Waals surface area contributed by atoms with E-state index in [-0.39, 0.29) is 5.92 Å². The zero-order chi connectivity index (χ0) is 12.8. The van der Waals surface area contributed by atoms with E-state index in [0.29, 0.717) is 5.92 Å². The highest BCUT2D eigenvalue weighted by molar-refractivity contribution is 5.25. The molecule has 0 aromatic heterocycles. The van der Waals surface area contributed by atoms with E-state index >= 15 is 0 Å². The van der Waals surface area contributed by atoms with Crippen molar-refractivity contribution >= 4 is 0 Å². The molecule has 1 aromatic rings. The largest absolute Gasteiger partial charge is 0.301 e. The highest BCUT2D eigenvalue weighted by Gasteiger charge is 2.15. The Morgan fingerprint density at radius 3 is 2.47 bits per heavy atom. The maximum Gasteiger partial charge on any atom is 0.0672 e. The Morgan fingerprint density at radius 2 is 1.94 bits per heavy atom. The lowest BCUT2D eigenvalue weighted by atomic mass is 9.97. The molecule has 1 rings (SSSR count). The van der Waals surface area contributed by atoms with Crippen LogP contribution in [-0.4, -0.2) is 18.5 Å². The summed E-state index contributed by atoms with van der Waals surface area (Å²) in [7, 11) is 2.08. The van der Waals surface area contributed by atoms with Crippen LogP contribution in [0.25, 0.3) is 0 Å². The van der Waals surface area contributed by atoms with Crippen molar-refractivity contribution < 1.29 is 0 Å². The fourth-order valence-electron chi connectivity index (χ4n) is 1.88. The van der Waals surface area contributed by atoms with Crippen molar-refractivity contribution in [3.8, 4) is 6.07 Å². The predicted molar refractivity (Wildman–Crippen MR) is 71.5 cm³/mol. The average molecular weight is 230 g/mol. The van der Waals surface area contributed by atoms with Crippen LogP contribution in [0.15, 0.2) is 24.3 Å². The minimum absolute atomic E-state index is 0.115. The molecule has 1 unspecified atom stereocenters. The molecule has 92 valence electrons. The standard InChI is InChI=1S/C15H22N2/c1-12(2)15(9-16)11-17(4)10-14-8-6-5-7-13(14)3/h5-8,12,15H,10-11H2,1-4H3. The molecule has 0 amide bonds. The summed E-state index contributed by atoms with van der Waals surface area (Å²) in [6.07, 6.45) is 0. The number of hydrogen-bond acceptors (Lipinski definition) is 2. The smallest absolute Gasteiger partial charge is 0.0672 e. The van der Waals surface area contributed by atoms with Crippen LogP contribution in [0.5, 0.6) is 0 Å². The molecule has 0 radical (unpaired) electrons. The van der Waals surface area contributed by atoms with E-state index < -0.39 is 0 Å². The lowest BCUT2D eigenvalue weighted by Crippen LogP contribution is -2.27. The maximum absolute atomic E-state index is 9.09. The minimum Gasteiger partial charge on any atom is -0.301 e. The first-order valence-electron chi connectivity index (χ1n) is 6.17. The van der Waals surface area contributed by atoms with Gasteiger partial charge in [-0.25, -0.2) is 0 Å². The Kier molecular flexibility index (Phi) is 5.18. The maximum atomic E-state index is 9.09. The van der Waals surface area contributed by atoms with Crippen LogP contribution in [0.3, 0.4) is 0 Å². The monoisotopic (exact) mass is 230 g/mol. The van der Waals surface area contributed by atoms with Gasteiger partial charge in [-0.1, -0.05) is 38.1 Å². The fraction of sp³-hybridized carbons (Fsp3) is 0.533. The van der Waals surface area contributed by atoms with Crippen LogP contribution in [0.1, 0.15) is 25.0 Å². The van der Waals surface area contributed by atoms with Gasteiger partial charge in [-0.05, 0) is 31.0 Å². The molecule has 0 bridgehead atoms. The molecule has 0 aliphatic carbocycles. The van der Waals surface area contributed by atoms with E-state index in [4.69, 9.17) is 5.26 Å². The first kappa shape index (κ1) is 13.7. The molecule has 0 heterocycles. The molecule has 0 spiro atoms. The lowest BCUT2D eigenvalue weighted by molar-refractivity contribution is 0.265. The summed E-state index contributed by atoms with van der Waals surface area (Å²) < 4.78 is 0. The summed E-state index contributed by atoms with van der Waals surface area (Å²) in [5.41, 5.74) is 2.66. The summed E-state index contributed by atoms with van der Waals surface area (Å²) >= 11 is 0. The average Bonchev–Trinajstić information content (AvgIpc) is 2.28. The molecule has 0 aliphatic heterocycles. The summed E-state index contributed by atoms with van der Waals surface area (Å²) in [5.74, 6) is 0.531. The first-order valence-corrected chi connectivity index (χ1v) is 6.17. The predicted octanol–water partition coefficient (Wildman–Crippen LogP) is 3.22. The first-order chi connectivity index (χ1) is 8.04. The zero-order valence-corrected chi connectivity index (χ0v) is 11.3. The van der Waals surface area contributed by atoms with Crippen LogP contribution >= 0.6 is 0 Å². The van der Waals surface area contributed by atoms with Crippen LogP contribution in [0.2, 0.25) is 0 Å². The van der Waals surface area contributed by atoms with Crippen LogP contribution < -0.4 is 0 Å². The van der Waals surface area contributed by atoms with Gasteiger partial charge in [0, 0.05) is 13.1 Å². The number of nitriles is 1. The molecule has 0 aliphatic rings. The van der Waals surface area contributed by atoms with Crippen molar-refractivity contribution in [2.75, 3.05) is 13.6 Å². The molecule has 1 atom stereocenters. The summed E-state index contributed by atoms with van der Waals surface area (Å²) in [4.78, 5) is 2.23. The quantitative estimate of drug-likeness (QED) is 0.776. The van der Waals surface area contributed by atoms with Crippen molar-refractivity contribution in [1.29, 1.82) is 5.26 Å². The van der Waals surface area contributed by atoms with Gasteiger partial charge in [0.2, 0.25) is 0 Å². The van der Waals surface area contributed by atoms with Gasteiger partial charge in [-0.15, -0.1) is 0 Å². The second kappa shape index (κ2) is 6.42. The number of hydrogen-bond donors (Lipinski definition) is 0. The van der Waals surface area contributed by atoms with Gasteiger partial charge in [0.15, 0.2) is 0 Å². The fourth-order valence-corrected chi connectivity index (χ4v) is 1.88. The Morgan fingerprint density at radius 1 is 1.29 bits per heavy atom. The van der Waals surface area contributed by atoms with Gasteiger partial charge in [-0.3, -0.25) is 0 Å². The normalized spacial score (nSPS) is 12.8. The van der Waals surface area contributed by atoms with Crippen LogP contribution in [0, 0.1) is 30.1 Å². The molecule has 0 N–H and O–H groups in total. The summed E-state index contributed by atoms with van der Waals surface area (Å²) in [6.45, 7) is 8.10. The highest BCUT2D eigenvalue weighted by atomic mass is 15.1. The SMILES string of the molecule is Cc1ccccc1CN(C)CC(C#N)C(C)C. The van der Waals surface area contributed by atoms with Crippen molar-refractivity contribution in [3.05, 3.63) is 35.4 Å². The zero-order valence-electron chi connectivity index (χ0n) is 11.3. The number of aryl methyl sites for hydroxylation is 1. The molecule has 0 fully saturated rings. The van der Waals surface area contributed by atoms with Crippen LogP contribution in [0.4, 0.5) is 0 Å². The molecule has 1 aromatic carbocycles. The second-order valence-corrected chi connectivity index (χ2v) is 5.10. The van der Waals surface area contributed by atoms with Gasteiger partial charge in [0.05, 0.1) is 12.0 Å². The Labute approximate surface area is 105 Å². The number of nitrogens with zero attached hydrogens (tertiary/aromatic N) is 2. The molecule has 17 heavy (non-hydrogen) atoms. The minimum atomic E-state index is 0.115. The van der Waals surface area contributed by atoms with Gasteiger partial charge < -0.3 is 4.90 Å². The molecule has 2 heteroatoms. The van der Waals surface area contributed by atoms with Gasteiger partial charge >= 0.3 is 0 Å². The van der Waals surface area contributed by atoms with E-state index in [2.05, 4.69) is 63.1 Å². The van der Waals surface area contributed by atoms with Gasteiger partial charge in [0.25, 0.3) is 0 Å².